The molecule has 3 nitrogen and oxygen atoms in total. The Balaban J connectivity index is 2.81. The van der Waals surface area contributed by atoms with E-state index in [1.54, 1.807) is 6.92 Å². The van der Waals surface area contributed by atoms with Crippen molar-refractivity contribution >= 4 is 23.1 Å². The van der Waals surface area contributed by atoms with Crippen LogP contribution in [0.4, 0.5) is 4.79 Å². The van der Waals surface area contributed by atoms with Gasteiger partial charge in [0.1, 0.15) is 5.71 Å². The Morgan fingerprint density at radius 1 is 1.50 bits per heavy atom. The Morgan fingerprint density at radius 2 is 2.33 bits per heavy atom. The van der Waals surface area contributed by atoms with Gasteiger partial charge in [-0.2, -0.15) is 4.99 Å². The van der Waals surface area contributed by atoms with Crippen LogP contribution in [-0.4, -0.2) is 18.4 Å². The lowest BCUT2D eigenvalue weighted by atomic mass is 10.2. The zero-order valence-corrected chi connectivity index (χ0v) is 11.5. The summed E-state index contributed by atoms with van der Waals surface area (Å²) in [4.78, 5) is 16.2. The van der Waals surface area contributed by atoms with Gasteiger partial charge >= 0.3 is 6.09 Å². The van der Waals surface area contributed by atoms with Crippen molar-refractivity contribution in [2.45, 2.75) is 33.1 Å². The van der Waals surface area contributed by atoms with Crippen molar-refractivity contribution in [2.24, 2.45) is 4.99 Å². The molecule has 1 rings (SSSR count). The molecule has 0 fully saturated rings. The van der Waals surface area contributed by atoms with Gasteiger partial charge in [-0.15, -0.1) is 11.3 Å². The molecular weight excluding hydrogens is 246 g/mol. The molecule has 0 aliphatic rings. The van der Waals surface area contributed by atoms with Crippen LogP contribution in [-0.2, 0) is 4.74 Å². The molecule has 0 spiro atoms. The van der Waals surface area contributed by atoms with Crippen LogP contribution in [0.25, 0.3) is 0 Å². The molecule has 0 bridgehead atoms. The fraction of sp³-hybridized carbons (Fsp3) is 0.429. The predicted molar refractivity (Wildman–Crippen MR) is 75.2 cm³/mol. The smallest absolute Gasteiger partial charge is 0.434 e. The van der Waals surface area contributed by atoms with Gasteiger partial charge in [-0.05, 0) is 30.7 Å². The monoisotopic (exact) mass is 263 g/mol. The molecule has 4 heteroatoms. The van der Waals surface area contributed by atoms with Crippen molar-refractivity contribution in [3.05, 3.63) is 22.4 Å². The Hall–Kier alpha value is -1.60. The van der Waals surface area contributed by atoms with E-state index in [2.05, 4.69) is 23.8 Å². The molecule has 96 valence electrons. The van der Waals surface area contributed by atoms with E-state index >= 15 is 0 Å². The molecule has 0 unspecified atom stereocenters. The highest BCUT2D eigenvalue weighted by Crippen LogP contribution is 2.10. The molecule has 0 saturated heterocycles. The van der Waals surface area contributed by atoms with E-state index in [4.69, 9.17) is 4.74 Å². The third kappa shape index (κ3) is 5.15. The average molecular weight is 263 g/mol. The molecule has 0 aromatic carbocycles. The molecule has 0 aliphatic heterocycles. The van der Waals surface area contributed by atoms with Crippen LogP contribution in [0.3, 0.4) is 0 Å². The maximum Gasteiger partial charge on any atom is 0.434 e. The highest BCUT2D eigenvalue weighted by atomic mass is 32.1. The minimum absolute atomic E-state index is 0.323. The third-order valence-electron chi connectivity index (χ3n) is 2.09. The van der Waals surface area contributed by atoms with Crippen molar-refractivity contribution in [2.75, 3.05) is 6.61 Å². The van der Waals surface area contributed by atoms with E-state index in [1.807, 2.05) is 17.5 Å². The van der Waals surface area contributed by atoms with Crippen molar-refractivity contribution in [3.63, 3.8) is 0 Å². The molecule has 0 aliphatic carbocycles. The zero-order valence-electron chi connectivity index (χ0n) is 10.7. The van der Waals surface area contributed by atoms with Gasteiger partial charge in [0.15, 0.2) is 0 Å². The summed E-state index contributed by atoms with van der Waals surface area (Å²) in [6.45, 7) is 4.20. The minimum atomic E-state index is -0.578. The lowest BCUT2D eigenvalue weighted by Gasteiger charge is -1.97. The van der Waals surface area contributed by atoms with Crippen LogP contribution in [0, 0.1) is 11.8 Å². The molecule has 0 atom stereocenters. The fourth-order valence-electron chi connectivity index (χ4n) is 1.22. The number of thiophene rings is 1. The highest BCUT2D eigenvalue weighted by molar-refractivity contribution is 7.12. The summed E-state index contributed by atoms with van der Waals surface area (Å²) >= 11 is 1.51. The van der Waals surface area contributed by atoms with Crippen LogP contribution in [0.1, 0.15) is 38.0 Å². The van der Waals surface area contributed by atoms with E-state index in [0.29, 0.717) is 12.3 Å². The van der Waals surface area contributed by atoms with E-state index in [-0.39, 0.29) is 0 Å². The first-order valence-corrected chi connectivity index (χ1v) is 6.94. The second-order valence-corrected chi connectivity index (χ2v) is 4.49. The largest absolute Gasteiger partial charge is 0.448 e. The lowest BCUT2D eigenvalue weighted by molar-refractivity contribution is 0.163. The summed E-state index contributed by atoms with van der Waals surface area (Å²) in [5.41, 5.74) is 0.500. The molecule has 1 aromatic heterocycles. The van der Waals surface area contributed by atoms with E-state index in [0.717, 1.165) is 24.1 Å². The lowest BCUT2D eigenvalue weighted by Crippen LogP contribution is -2.04. The van der Waals surface area contributed by atoms with Crippen LogP contribution >= 0.6 is 11.3 Å². The number of carbonyl (C=O) groups excluding carboxylic acids is 1. The van der Waals surface area contributed by atoms with Gasteiger partial charge in [0.05, 0.1) is 11.5 Å². The Bertz CT molecular complexity index is 452. The molecule has 0 radical (unpaired) electrons. The molecule has 0 saturated carbocycles. The summed E-state index contributed by atoms with van der Waals surface area (Å²) in [7, 11) is 0. The maximum absolute atomic E-state index is 11.4. The SMILES string of the molecule is CCCCC#C/C(=N\C(=O)OCC)c1cccs1. The number of hydrogen-bond donors (Lipinski definition) is 0. The van der Waals surface area contributed by atoms with Crippen molar-refractivity contribution < 1.29 is 9.53 Å². The van der Waals surface area contributed by atoms with E-state index in [9.17, 15) is 4.79 Å². The van der Waals surface area contributed by atoms with Gasteiger partial charge in [0, 0.05) is 6.42 Å². The Morgan fingerprint density at radius 3 is 2.94 bits per heavy atom. The number of unbranched alkanes of at least 4 members (excludes halogenated alkanes) is 2. The van der Waals surface area contributed by atoms with Gasteiger partial charge in [-0.25, -0.2) is 4.79 Å². The van der Waals surface area contributed by atoms with Crippen LogP contribution in [0.15, 0.2) is 22.5 Å². The normalized spacial score (nSPS) is 10.7. The topological polar surface area (TPSA) is 38.7 Å². The Labute approximate surface area is 112 Å². The quantitative estimate of drug-likeness (QED) is 0.469. The van der Waals surface area contributed by atoms with Crippen molar-refractivity contribution in [1.82, 2.24) is 0 Å². The number of amides is 1. The Kier molecular flexibility index (Phi) is 6.82. The number of rotatable bonds is 4. The van der Waals surface area contributed by atoms with Gasteiger partial charge in [-0.3, -0.25) is 0 Å². The van der Waals surface area contributed by atoms with Gasteiger partial charge in [0.2, 0.25) is 0 Å². The van der Waals surface area contributed by atoms with E-state index in [1.165, 1.54) is 11.3 Å². The predicted octanol–water partition coefficient (Wildman–Crippen LogP) is 3.89. The molecule has 1 aromatic rings. The molecular formula is C14H17NO2S. The van der Waals surface area contributed by atoms with Crippen LogP contribution in [0.5, 0.6) is 0 Å². The molecule has 18 heavy (non-hydrogen) atoms. The maximum atomic E-state index is 11.4. The van der Waals surface area contributed by atoms with Crippen molar-refractivity contribution in [3.8, 4) is 11.8 Å². The summed E-state index contributed by atoms with van der Waals surface area (Å²) in [6, 6.07) is 3.81. The standard InChI is InChI=1S/C14H17NO2S/c1-3-5-6-7-9-12(13-10-8-11-18-13)15-14(16)17-4-2/h8,10-11H,3-6H2,1-2H3/b15-12+. The summed E-state index contributed by atoms with van der Waals surface area (Å²) in [5, 5.41) is 1.93. The second-order valence-electron chi connectivity index (χ2n) is 3.54. The number of carbonyl (C=O) groups is 1. The number of aliphatic imine (C=N–C) groups is 1. The number of nitrogens with zero attached hydrogens (tertiary/aromatic N) is 1. The zero-order chi connectivity index (χ0) is 13.2. The van der Waals surface area contributed by atoms with Gasteiger partial charge < -0.3 is 4.74 Å². The first-order chi connectivity index (χ1) is 8.77. The summed E-state index contributed by atoms with van der Waals surface area (Å²) in [5.74, 6) is 6.00. The van der Waals surface area contributed by atoms with Crippen LogP contribution in [0.2, 0.25) is 0 Å². The molecule has 1 amide bonds. The second kappa shape index (κ2) is 8.48. The third-order valence-corrected chi connectivity index (χ3v) is 2.96. The average Bonchev–Trinajstić information content (AvgIpc) is 2.87. The van der Waals surface area contributed by atoms with Crippen molar-refractivity contribution in [1.29, 1.82) is 0 Å². The first kappa shape index (κ1) is 14.5. The number of ether oxygens (including phenoxy) is 1. The van der Waals surface area contributed by atoms with Gasteiger partial charge in [-0.1, -0.05) is 25.3 Å². The van der Waals surface area contributed by atoms with Gasteiger partial charge in [0.25, 0.3) is 0 Å². The summed E-state index contributed by atoms with van der Waals surface area (Å²) in [6.07, 6.45) is 2.41. The van der Waals surface area contributed by atoms with E-state index < -0.39 is 6.09 Å². The molecule has 1 heterocycles. The minimum Gasteiger partial charge on any atom is -0.448 e. The first-order valence-electron chi connectivity index (χ1n) is 6.06. The number of hydrogen-bond acceptors (Lipinski definition) is 3. The fourth-order valence-corrected chi connectivity index (χ4v) is 1.89. The summed E-state index contributed by atoms with van der Waals surface area (Å²) < 4.78 is 4.81. The highest BCUT2D eigenvalue weighted by Gasteiger charge is 2.05. The molecule has 0 N–H and O–H groups in total. The van der Waals surface area contributed by atoms with Crippen LogP contribution < -0.4 is 0 Å².